The van der Waals surface area contributed by atoms with Crippen LogP contribution in [-0.4, -0.2) is 21.7 Å². The first-order valence-corrected chi connectivity index (χ1v) is 6.12. The monoisotopic (exact) mass is 264 g/mol. The van der Waals surface area contributed by atoms with E-state index >= 15 is 0 Å². The zero-order chi connectivity index (χ0) is 14.0. The number of nitrogens with one attached hydrogen (secondary N) is 1. The molecule has 0 radical (unpaired) electrons. The molecule has 0 saturated heterocycles. The zero-order valence-electron chi connectivity index (χ0n) is 11.2. The third kappa shape index (κ3) is 2.93. The lowest BCUT2D eigenvalue weighted by molar-refractivity contribution is 0.0697. The van der Waals surface area contributed by atoms with Crippen LogP contribution in [0.3, 0.4) is 0 Å². The average molecular weight is 264 g/mol. The molecule has 1 aromatic heterocycles. The summed E-state index contributed by atoms with van der Waals surface area (Å²) < 4.78 is 18.9. The second-order valence-electron chi connectivity index (χ2n) is 4.78. The van der Waals surface area contributed by atoms with Crippen molar-refractivity contribution in [1.29, 1.82) is 0 Å². The minimum atomic E-state index is -1.05. The van der Waals surface area contributed by atoms with Gasteiger partial charge in [0.15, 0.2) is 11.6 Å². The third-order valence-corrected chi connectivity index (χ3v) is 2.70. The molecule has 0 aliphatic carbocycles. The Morgan fingerprint density at radius 2 is 2.16 bits per heavy atom. The van der Waals surface area contributed by atoms with Crippen LogP contribution in [0, 0.1) is 5.82 Å². The summed E-state index contributed by atoms with van der Waals surface area (Å²) in [5.41, 5.74) is 0.255. The van der Waals surface area contributed by atoms with Gasteiger partial charge in [0, 0.05) is 5.56 Å². The van der Waals surface area contributed by atoms with Crippen molar-refractivity contribution >= 4 is 0 Å². The van der Waals surface area contributed by atoms with Gasteiger partial charge in [-0.3, -0.25) is 0 Å². The molecule has 0 aliphatic rings. The van der Waals surface area contributed by atoms with Gasteiger partial charge < -0.3 is 14.8 Å². The second kappa shape index (κ2) is 5.01. The van der Waals surface area contributed by atoms with Gasteiger partial charge in [0.2, 0.25) is 0 Å². The summed E-state index contributed by atoms with van der Waals surface area (Å²) >= 11 is 0. The van der Waals surface area contributed by atoms with E-state index in [-0.39, 0.29) is 5.75 Å². The molecule has 2 aromatic rings. The first kappa shape index (κ1) is 13.5. The standard InChI is InChI=1S/C14H17FN2O2/c1-4-19-12-6-5-9(7-10(12)15)11-8-16-13(17-11)14(2,3)18/h5-8,18H,4H2,1-3H3,(H,16,17). The number of aromatic nitrogens is 2. The Kier molecular flexibility index (Phi) is 3.57. The summed E-state index contributed by atoms with van der Waals surface area (Å²) in [4.78, 5) is 7.07. The van der Waals surface area contributed by atoms with E-state index in [2.05, 4.69) is 9.97 Å². The molecule has 0 spiro atoms. The summed E-state index contributed by atoms with van der Waals surface area (Å²) in [5, 5.41) is 9.83. The van der Waals surface area contributed by atoms with Crippen molar-refractivity contribution in [2.75, 3.05) is 6.61 Å². The second-order valence-corrected chi connectivity index (χ2v) is 4.78. The highest BCUT2D eigenvalue weighted by Crippen LogP contribution is 2.26. The molecule has 0 atom stereocenters. The number of hydrogen-bond acceptors (Lipinski definition) is 3. The fraction of sp³-hybridized carbons (Fsp3) is 0.357. The number of nitrogens with zero attached hydrogens (tertiary/aromatic N) is 1. The maximum absolute atomic E-state index is 13.8. The lowest BCUT2D eigenvalue weighted by Crippen LogP contribution is -2.17. The smallest absolute Gasteiger partial charge is 0.165 e. The molecule has 0 unspecified atom stereocenters. The molecule has 0 aliphatic heterocycles. The summed E-state index contributed by atoms with van der Waals surface area (Å²) in [6, 6.07) is 4.71. The molecule has 19 heavy (non-hydrogen) atoms. The third-order valence-electron chi connectivity index (χ3n) is 2.70. The molecule has 1 heterocycles. The van der Waals surface area contributed by atoms with Crippen LogP contribution in [-0.2, 0) is 5.60 Å². The summed E-state index contributed by atoms with van der Waals surface area (Å²) in [6.07, 6.45) is 1.57. The van der Waals surface area contributed by atoms with Crippen molar-refractivity contribution in [1.82, 2.24) is 9.97 Å². The highest BCUT2D eigenvalue weighted by molar-refractivity contribution is 5.60. The lowest BCUT2D eigenvalue weighted by Gasteiger charge is -2.13. The van der Waals surface area contributed by atoms with Crippen LogP contribution < -0.4 is 4.74 Å². The van der Waals surface area contributed by atoms with E-state index in [1.807, 2.05) is 0 Å². The summed E-state index contributed by atoms with van der Waals surface area (Å²) in [6.45, 7) is 5.49. The molecule has 2 N–H and O–H groups in total. The van der Waals surface area contributed by atoms with E-state index in [9.17, 15) is 9.50 Å². The number of rotatable bonds is 4. The maximum atomic E-state index is 13.8. The first-order chi connectivity index (χ1) is 8.91. The van der Waals surface area contributed by atoms with Gasteiger partial charge in [0.05, 0.1) is 18.5 Å². The van der Waals surface area contributed by atoms with Gasteiger partial charge in [-0.2, -0.15) is 0 Å². The number of H-pyrrole nitrogens is 1. The molecule has 102 valence electrons. The van der Waals surface area contributed by atoms with Gasteiger partial charge in [0.1, 0.15) is 11.4 Å². The molecule has 5 heteroatoms. The number of ether oxygens (including phenoxy) is 1. The molecule has 0 fully saturated rings. The molecular weight excluding hydrogens is 247 g/mol. The van der Waals surface area contributed by atoms with Gasteiger partial charge in [0.25, 0.3) is 0 Å². The highest BCUT2D eigenvalue weighted by Gasteiger charge is 2.20. The van der Waals surface area contributed by atoms with E-state index in [0.717, 1.165) is 0 Å². The summed E-state index contributed by atoms with van der Waals surface area (Å²) in [7, 11) is 0. The minimum Gasteiger partial charge on any atom is -0.491 e. The first-order valence-electron chi connectivity index (χ1n) is 6.12. The van der Waals surface area contributed by atoms with E-state index in [0.29, 0.717) is 23.7 Å². The summed E-state index contributed by atoms with van der Waals surface area (Å²) in [5.74, 6) is 0.254. The predicted octanol–water partition coefficient (Wildman–Crippen LogP) is 2.84. The van der Waals surface area contributed by atoms with Crippen LogP contribution >= 0.6 is 0 Å². The maximum Gasteiger partial charge on any atom is 0.165 e. The van der Waals surface area contributed by atoms with Gasteiger partial charge in [-0.15, -0.1) is 0 Å². The van der Waals surface area contributed by atoms with Crippen LogP contribution in [0.15, 0.2) is 24.4 Å². The topological polar surface area (TPSA) is 58.1 Å². The SMILES string of the molecule is CCOc1ccc(-c2cnc(C(C)(C)O)[nH]2)cc1F. The Balaban J connectivity index is 2.32. The van der Waals surface area contributed by atoms with Crippen LogP contribution in [0.5, 0.6) is 5.75 Å². The van der Waals surface area contributed by atoms with Crippen molar-refractivity contribution in [3.05, 3.63) is 36.0 Å². The number of benzene rings is 1. The van der Waals surface area contributed by atoms with E-state index in [1.54, 1.807) is 39.1 Å². The quantitative estimate of drug-likeness (QED) is 0.892. The highest BCUT2D eigenvalue weighted by atomic mass is 19.1. The lowest BCUT2D eigenvalue weighted by atomic mass is 10.1. The fourth-order valence-corrected chi connectivity index (χ4v) is 1.72. The van der Waals surface area contributed by atoms with Gasteiger partial charge in [-0.1, -0.05) is 0 Å². The number of hydrogen-bond donors (Lipinski definition) is 2. The van der Waals surface area contributed by atoms with Crippen LogP contribution in [0.2, 0.25) is 0 Å². The van der Waals surface area contributed by atoms with Crippen molar-refractivity contribution < 1.29 is 14.2 Å². The van der Waals surface area contributed by atoms with Gasteiger partial charge >= 0.3 is 0 Å². The molecule has 4 nitrogen and oxygen atoms in total. The van der Waals surface area contributed by atoms with E-state index < -0.39 is 11.4 Å². The van der Waals surface area contributed by atoms with Crippen molar-refractivity contribution in [3.8, 4) is 17.0 Å². The van der Waals surface area contributed by atoms with Gasteiger partial charge in [-0.25, -0.2) is 9.37 Å². The van der Waals surface area contributed by atoms with Crippen molar-refractivity contribution in [2.24, 2.45) is 0 Å². The van der Waals surface area contributed by atoms with Crippen LogP contribution in [0.1, 0.15) is 26.6 Å². The van der Waals surface area contributed by atoms with Crippen LogP contribution in [0.25, 0.3) is 11.3 Å². The Hall–Kier alpha value is -1.88. The Bertz CT molecular complexity index is 573. The van der Waals surface area contributed by atoms with Crippen molar-refractivity contribution in [3.63, 3.8) is 0 Å². The largest absolute Gasteiger partial charge is 0.491 e. The molecule has 0 bridgehead atoms. The number of halogens is 1. The molecule has 0 saturated carbocycles. The van der Waals surface area contributed by atoms with Crippen molar-refractivity contribution in [2.45, 2.75) is 26.4 Å². The Morgan fingerprint density at radius 3 is 2.68 bits per heavy atom. The normalized spacial score (nSPS) is 11.6. The Labute approximate surface area is 111 Å². The molecular formula is C14H17FN2O2. The Morgan fingerprint density at radius 1 is 1.42 bits per heavy atom. The predicted molar refractivity (Wildman–Crippen MR) is 70.4 cm³/mol. The minimum absolute atomic E-state index is 0.230. The van der Waals surface area contributed by atoms with Crippen LogP contribution in [0.4, 0.5) is 4.39 Å². The average Bonchev–Trinajstić information content (AvgIpc) is 2.81. The molecule has 1 aromatic carbocycles. The molecule has 2 rings (SSSR count). The number of imidazole rings is 1. The number of aromatic amines is 1. The molecule has 0 amide bonds. The fourth-order valence-electron chi connectivity index (χ4n) is 1.72. The number of aliphatic hydroxyl groups is 1. The van der Waals surface area contributed by atoms with Gasteiger partial charge in [-0.05, 0) is 39.0 Å². The van der Waals surface area contributed by atoms with E-state index in [1.165, 1.54) is 6.07 Å². The van der Waals surface area contributed by atoms with E-state index in [4.69, 9.17) is 4.74 Å². The zero-order valence-corrected chi connectivity index (χ0v) is 11.2.